The highest BCUT2D eigenvalue weighted by molar-refractivity contribution is 6.03. The molecular weight excluding hydrogens is 322 g/mol. The quantitative estimate of drug-likeness (QED) is 0.632. The third-order valence-electron chi connectivity index (χ3n) is 4.14. The van der Waals surface area contributed by atoms with Gasteiger partial charge < -0.3 is 4.74 Å². The lowest BCUT2D eigenvalue weighted by atomic mass is 9.98. The zero-order valence-corrected chi connectivity index (χ0v) is 13.9. The molecule has 0 saturated carbocycles. The number of methoxy groups -OCH3 is 1. The van der Waals surface area contributed by atoms with Gasteiger partial charge in [-0.25, -0.2) is 5.01 Å². The molecule has 1 aliphatic rings. The fraction of sp³-hybridized carbons (Fsp3) is 0.222. The third kappa shape index (κ3) is 3.35. The van der Waals surface area contributed by atoms with Gasteiger partial charge in [0.2, 0.25) is 5.91 Å². The van der Waals surface area contributed by atoms with E-state index in [1.165, 1.54) is 24.1 Å². The van der Waals surface area contributed by atoms with Crippen LogP contribution in [0.5, 0.6) is 5.75 Å². The van der Waals surface area contributed by atoms with Crippen molar-refractivity contribution in [2.75, 3.05) is 7.11 Å². The summed E-state index contributed by atoms with van der Waals surface area (Å²) in [6.45, 7) is 1.46. The monoisotopic (exact) mass is 339 g/mol. The van der Waals surface area contributed by atoms with Crippen LogP contribution in [0.15, 0.2) is 53.6 Å². The second-order valence-corrected chi connectivity index (χ2v) is 5.71. The molecule has 2 aromatic rings. The maximum absolute atomic E-state index is 12.0. The smallest absolute Gasteiger partial charge is 0.269 e. The van der Waals surface area contributed by atoms with Gasteiger partial charge in [0.05, 0.1) is 23.8 Å². The van der Waals surface area contributed by atoms with Crippen LogP contribution in [-0.4, -0.2) is 28.7 Å². The molecule has 2 aromatic carbocycles. The van der Waals surface area contributed by atoms with Crippen molar-refractivity contribution >= 4 is 17.3 Å². The first-order valence-electron chi connectivity index (χ1n) is 7.75. The van der Waals surface area contributed by atoms with Crippen molar-refractivity contribution in [1.82, 2.24) is 5.01 Å². The normalized spacial score (nSPS) is 16.5. The van der Waals surface area contributed by atoms with Gasteiger partial charge in [0, 0.05) is 25.5 Å². The zero-order valence-electron chi connectivity index (χ0n) is 13.9. The number of hydrogen-bond donors (Lipinski definition) is 0. The second kappa shape index (κ2) is 6.72. The number of ether oxygens (including phenoxy) is 1. The van der Waals surface area contributed by atoms with E-state index >= 15 is 0 Å². The van der Waals surface area contributed by atoms with Gasteiger partial charge in [-0.1, -0.05) is 12.1 Å². The minimum atomic E-state index is -0.444. The molecule has 3 rings (SSSR count). The van der Waals surface area contributed by atoms with E-state index in [0.717, 1.165) is 22.6 Å². The predicted molar refractivity (Wildman–Crippen MR) is 92.5 cm³/mol. The second-order valence-electron chi connectivity index (χ2n) is 5.71. The number of hydrogen-bond acceptors (Lipinski definition) is 5. The average Bonchev–Trinajstić information content (AvgIpc) is 3.07. The Morgan fingerprint density at radius 3 is 2.36 bits per heavy atom. The van der Waals surface area contributed by atoms with Crippen LogP contribution in [0, 0.1) is 10.1 Å². The molecule has 1 aliphatic heterocycles. The first kappa shape index (κ1) is 16.6. The standard InChI is InChI=1S/C18H17N3O4/c1-12(22)20-18(14-3-7-15(8-4-14)21(23)24)11-17(19-20)13-5-9-16(25-2)10-6-13/h3-10,18H,11H2,1-2H3/t18-/m1/s1. The molecule has 0 spiro atoms. The number of non-ortho nitro benzene ring substituents is 1. The highest BCUT2D eigenvalue weighted by Crippen LogP contribution is 2.33. The van der Waals surface area contributed by atoms with Crippen LogP contribution >= 0.6 is 0 Å². The highest BCUT2D eigenvalue weighted by atomic mass is 16.6. The molecule has 0 radical (unpaired) electrons. The summed E-state index contributed by atoms with van der Waals surface area (Å²) in [5, 5.41) is 16.7. The maximum atomic E-state index is 12.0. The van der Waals surface area contributed by atoms with E-state index < -0.39 is 4.92 Å². The Bertz CT molecular complexity index is 828. The van der Waals surface area contributed by atoms with Gasteiger partial charge in [-0.2, -0.15) is 5.10 Å². The molecule has 0 fully saturated rings. The minimum absolute atomic E-state index is 0.0208. The summed E-state index contributed by atoms with van der Waals surface area (Å²) in [4.78, 5) is 22.3. The number of rotatable bonds is 4. The molecule has 0 aliphatic carbocycles. The Balaban J connectivity index is 1.88. The van der Waals surface area contributed by atoms with Crippen LogP contribution in [0.25, 0.3) is 0 Å². The number of nitro benzene ring substituents is 1. The van der Waals surface area contributed by atoms with E-state index in [1.807, 2.05) is 24.3 Å². The van der Waals surface area contributed by atoms with Crippen LogP contribution in [0.2, 0.25) is 0 Å². The van der Waals surface area contributed by atoms with E-state index in [-0.39, 0.29) is 17.6 Å². The zero-order chi connectivity index (χ0) is 18.0. The van der Waals surface area contributed by atoms with Gasteiger partial charge >= 0.3 is 0 Å². The number of hydrazone groups is 1. The van der Waals surface area contributed by atoms with Crippen molar-refractivity contribution in [3.63, 3.8) is 0 Å². The van der Waals surface area contributed by atoms with Gasteiger partial charge in [0.25, 0.3) is 5.69 Å². The molecule has 1 heterocycles. The molecule has 1 atom stereocenters. The summed E-state index contributed by atoms with van der Waals surface area (Å²) in [6.07, 6.45) is 0.545. The number of nitro groups is 1. The summed E-state index contributed by atoms with van der Waals surface area (Å²) < 4.78 is 5.15. The molecule has 0 N–H and O–H groups in total. The Kier molecular flexibility index (Phi) is 4.47. The van der Waals surface area contributed by atoms with Crippen LogP contribution < -0.4 is 4.74 Å². The largest absolute Gasteiger partial charge is 0.497 e. The highest BCUT2D eigenvalue weighted by Gasteiger charge is 2.31. The van der Waals surface area contributed by atoms with E-state index in [0.29, 0.717) is 6.42 Å². The van der Waals surface area contributed by atoms with Crippen LogP contribution in [-0.2, 0) is 4.79 Å². The lowest BCUT2D eigenvalue weighted by Crippen LogP contribution is -2.24. The van der Waals surface area contributed by atoms with Crippen molar-refractivity contribution in [3.8, 4) is 5.75 Å². The summed E-state index contributed by atoms with van der Waals surface area (Å²) in [7, 11) is 1.60. The maximum Gasteiger partial charge on any atom is 0.269 e. The molecule has 7 heteroatoms. The SMILES string of the molecule is COc1ccc(C2=NN(C(C)=O)[C@@H](c3ccc([N+](=O)[O-])cc3)C2)cc1. The van der Waals surface area contributed by atoms with Crippen LogP contribution in [0.3, 0.4) is 0 Å². The topological polar surface area (TPSA) is 85.0 Å². The van der Waals surface area contributed by atoms with Crippen LogP contribution in [0.4, 0.5) is 5.69 Å². The molecule has 0 bridgehead atoms. The fourth-order valence-electron chi connectivity index (χ4n) is 2.84. The van der Waals surface area contributed by atoms with Crippen molar-refractivity contribution < 1.29 is 14.5 Å². The van der Waals surface area contributed by atoms with Crippen LogP contribution in [0.1, 0.15) is 30.5 Å². The molecule has 25 heavy (non-hydrogen) atoms. The van der Waals surface area contributed by atoms with Gasteiger partial charge in [-0.05, 0) is 35.4 Å². The van der Waals surface area contributed by atoms with Crippen molar-refractivity contribution in [3.05, 3.63) is 69.8 Å². The first-order chi connectivity index (χ1) is 12.0. The summed E-state index contributed by atoms with van der Waals surface area (Å²) >= 11 is 0. The average molecular weight is 339 g/mol. The Hall–Kier alpha value is -3.22. The number of carbonyl (C=O) groups is 1. The molecule has 7 nitrogen and oxygen atoms in total. The molecular formula is C18H17N3O4. The summed E-state index contributed by atoms with van der Waals surface area (Å²) in [6, 6.07) is 13.4. The summed E-state index contributed by atoms with van der Waals surface area (Å²) in [5.74, 6) is 0.574. The van der Waals surface area contributed by atoms with E-state index in [4.69, 9.17) is 4.74 Å². The van der Waals surface area contributed by atoms with Gasteiger partial charge in [-0.15, -0.1) is 0 Å². The minimum Gasteiger partial charge on any atom is -0.497 e. The van der Waals surface area contributed by atoms with E-state index in [9.17, 15) is 14.9 Å². The number of benzene rings is 2. The molecule has 1 amide bonds. The number of carbonyl (C=O) groups excluding carboxylic acids is 1. The van der Waals surface area contributed by atoms with E-state index in [1.54, 1.807) is 19.2 Å². The molecule has 0 aromatic heterocycles. The molecule has 0 saturated heterocycles. The van der Waals surface area contributed by atoms with Gasteiger partial charge in [0.1, 0.15) is 5.75 Å². The first-order valence-corrected chi connectivity index (χ1v) is 7.75. The van der Waals surface area contributed by atoms with Gasteiger partial charge in [0.15, 0.2) is 0 Å². The van der Waals surface area contributed by atoms with E-state index in [2.05, 4.69) is 5.10 Å². The Morgan fingerprint density at radius 1 is 1.20 bits per heavy atom. The fourth-order valence-corrected chi connectivity index (χ4v) is 2.84. The number of amides is 1. The third-order valence-corrected chi connectivity index (χ3v) is 4.14. The molecule has 0 unspecified atom stereocenters. The number of nitrogens with zero attached hydrogens (tertiary/aromatic N) is 3. The lowest BCUT2D eigenvalue weighted by molar-refractivity contribution is -0.384. The Morgan fingerprint density at radius 2 is 1.84 bits per heavy atom. The lowest BCUT2D eigenvalue weighted by Gasteiger charge is -2.20. The van der Waals surface area contributed by atoms with Crippen molar-refractivity contribution in [1.29, 1.82) is 0 Å². The summed E-state index contributed by atoms with van der Waals surface area (Å²) in [5.41, 5.74) is 2.54. The molecule has 128 valence electrons. The van der Waals surface area contributed by atoms with Gasteiger partial charge in [-0.3, -0.25) is 14.9 Å². The Labute approximate surface area is 144 Å². The van der Waals surface area contributed by atoms with Crippen molar-refractivity contribution in [2.45, 2.75) is 19.4 Å². The van der Waals surface area contributed by atoms with Crippen molar-refractivity contribution in [2.24, 2.45) is 5.10 Å². The predicted octanol–water partition coefficient (Wildman–Crippen LogP) is 3.30.